The monoisotopic (exact) mass is 704 g/mol. The number of aliphatic hydroxyl groups excluding tert-OH is 1. The number of aliphatic hydroxyl groups is 1. The fraction of sp³-hybridized carbons (Fsp3) is 0.535. The topological polar surface area (TPSA) is 89.2 Å². The third kappa shape index (κ3) is 4.64. The van der Waals surface area contributed by atoms with Crippen molar-refractivity contribution in [3.8, 4) is 5.75 Å². The highest BCUT2D eigenvalue weighted by Crippen LogP contribution is 2.54. The average Bonchev–Trinajstić information content (AvgIpc) is 3.56. The third-order valence-corrected chi connectivity index (χ3v) is 14.5. The van der Waals surface area contributed by atoms with E-state index in [-0.39, 0.29) is 71.9 Å². The summed E-state index contributed by atoms with van der Waals surface area (Å²) in [5.74, 6) is 1.23. The van der Waals surface area contributed by atoms with Crippen LogP contribution in [-0.4, -0.2) is 82.1 Å². The molecule has 5 aliphatic rings. The molecule has 0 aliphatic carbocycles. The summed E-state index contributed by atoms with van der Waals surface area (Å²) in [6.45, 7) is 4.10. The molecule has 7 heterocycles. The molecule has 4 aromatic rings. The maximum atomic E-state index is 14.0. The van der Waals surface area contributed by atoms with Crippen LogP contribution in [0.15, 0.2) is 48.2 Å². The van der Waals surface area contributed by atoms with E-state index in [1.807, 2.05) is 0 Å². The molecule has 9 unspecified atom stereocenters. The first kappa shape index (κ1) is 33.9. The van der Waals surface area contributed by atoms with E-state index in [0.717, 1.165) is 48.1 Å². The second-order valence-corrected chi connectivity index (χ2v) is 16.5. The van der Waals surface area contributed by atoms with E-state index in [9.17, 15) is 14.7 Å². The van der Waals surface area contributed by atoms with E-state index in [1.165, 1.54) is 38.8 Å². The number of likely N-dealkylation sites (N-methyl/N-ethyl adjacent to an activating group) is 2. The van der Waals surface area contributed by atoms with Crippen molar-refractivity contribution in [3.05, 3.63) is 76.3 Å². The molecule has 52 heavy (non-hydrogen) atoms. The van der Waals surface area contributed by atoms with Crippen LogP contribution in [0.25, 0.3) is 21.8 Å². The fourth-order valence-electron chi connectivity index (χ4n) is 12.1. The average molecular weight is 705 g/mol. The van der Waals surface area contributed by atoms with Crippen molar-refractivity contribution < 1.29 is 24.2 Å². The molecule has 0 spiro atoms. The Labute approximate surface area is 306 Å². The van der Waals surface area contributed by atoms with Crippen molar-refractivity contribution in [2.45, 2.75) is 70.1 Å². The van der Waals surface area contributed by atoms with E-state index in [0.29, 0.717) is 13.0 Å². The van der Waals surface area contributed by atoms with Gasteiger partial charge in [0, 0.05) is 89.4 Å². The van der Waals surface area contributed by atoms with Crippen LogP contribution in [0.5, 0.6) is 5.75 Å². The Balaban J connectivity index is 1.13. The predicted octanol–water partition coefficient (Wildman–Crippen LogP) is 5.69. The lowest BCUT2D eigenvalue weighted by Crippen LogP contribution is -2.56. The van der Waals surface area contributed by atoms with Crippen molar-refractivity contribution in [3.63, 3.8) is 0 Å². The molecular formula is C43H52N4O5. The van der Waals surface area contributed by atoms with Crippen LogP contribution < -0.4 is 4.74 Å². The molecule has 9 nitrogen and oxygen atoms in total. The number of aromatic nitrogens is 2. The van der Waals surface area contributed by atoms with Crippen molar-refractivity contribution in [2.24, 2.45) is 43.7 Å². The lowest BCUT2D eigenvalue weighted by Gasteiger charge is -2.53. The van der Waals surface area contributed by atoms with Crippen LogP contribution in [0.1, 0.15) is 66.9 Å². The number of Topliss-reactive ketones (excluding diaryl/α,β-unsaturated/α-hetero) is 2. The van der Waals surface area contributed by atoms with Gasteiger partial charge in [0.1, 0.15) is 11.5 Å². The smallest absolute Gasteiger partial charge is 0.159 e. The Morgan fingerprint density at radius 1 is 0.904 bits per heavy atom. The summed E-state index contributed by atoms with van der Waals surface area (Å²) < 4.78 is 16.8. The van der Waals surface area contributed by atoms with E-state index >= 15 is 0 Å². The van der Waals surface area contributed by atoms with Gasteiger partial charge in [-0.25, -0.2) is 0 Å². The summed E-state index contributed by atoms with van der Waals surface area (Å²) in [5.41, 5.74) is 9.71. The fourth-order valence-corrected chi connectivity index (χ4v) is 12.1. The second kappa shape index (κ2) is 12.3. The van der Waals surface area contributed by atoms with E-state index in [2.05, 4.69) is 83.5 Å². The van der Waals surface area contributed by atoms with E-state index < -0.39 is 0 Å². The highest BCUT2D eigenvalue weighted by Gasteiger charge is 2.52. The van der Waals surface area contributed by atoms with Crippen LogP contribution in [0.4, 0.5) is 0 Å². The first-order chi connectivity index (χ1) is 25.0. The van der Waals surface area contributed by atoms with Gasteiger partial charge in [-0.2, -0.15) is 0 Å². The number of hydrogen-bond acceptors (Lipinski definition) is 7. The van der Waals surface area contributed by atoms with Gasteiger partial charge in [0.25, 0.3) is 0 Å². The van der Waals surface area contributed by atoms with Gasteiger partial charge in [-0.3, -0.25) is 19.4 Å². The van der Waals surface area contributed by atoms with Crippen LogP contribution in [0.3, 0.4) is 0 Å². The van der Waals surface area contributed by atoms with Gasteiger partial charge in [-0.15, -0.1) is 0 Å². The van der Waals surface area contributed by atoms with Crippen LogP contribution in [0.2, 0.25) is 0 Å². The molecule has 274 valence electrons. The maximum absolute atomic E-state index is 14.0. The standard InChI is InChI=1S/C43H52N4O5/c1-22(49)26(27-15-38-42-29(17-36(44(38)3)32(27)19-48)24-10-8-9-11-35(24)46(42)5)14-31-40(51-7)13-12-25-30-18-37-34-21-52-20-33(23(2)50)28(34)16-39(45(37)4)43(30)47(6)41(25)31/h8-13,20,26-28,32,34,36-39,48H,14-19,21H2,1-7H3. The van der Waals surface area contributed by atoms with Gasteiger partial charge in [0.05, 0.1) is 37.6 Å². The Bertz CT molecular complexity index is 2160. The molecule has 0 saturated carbocycles. The van der Waals surface area contributed by atoms with Gasteiger partial charge < -0.3 is 23.7 Å². The minimum atomic E-state index is -0.274. The quantitative estimate of drug-likeness (QED) is 0.265. The predicted molar refractivity (Wildman–Crippen MR) is 201 cm³/mol. The van der Waals surface area contributed by atoms with Gasteiger partial charge in [0.2, 0.25) is 0 Å². The number of rotatable bonds is 7. The molecule has 9 heteroatoms. The number of para-hydroxylation sites is 1. The summed E-state index contributed by atoms with van der Waals surface area (Å²) in [5, 5.41) is 13.7. The number of benzene rings is 2. The highest BCUT2D eigenvalue weighted by atomic mass is 16.5. The van der Waals surface area contributed by atoms with Crippen molar-refractivity contribution >= 4 is 33.4 Å². The first-order valence-electron chi connectivity index (χ1n) is 19.2. The molecule has 2 fully saturated rings. The first-order valence-corrected chi connectivity index (χ1v) is 19.2. The van der Waals surface area contributed by atoms with Gasteiger partial charge in [-0.05, 0) is 101 Å². The maximum Gasteiger partial charge on any atom is 0.159 e. The number of nitrogens with zero attached hydrogens (tertiary/aromatic N) is 4. The summed E-state index contributed by atoms with van der Waals surface area (Å²) in [4.78, 5) is 31.7. The number of ketones is 2. The third-order valence-electron chi connectivity index (χ3n) is 14.5. The summed E-state index contributed by atoms with van der Waals surface area (Å²) in [7, 11) is 10.5. The SMILES string of the molecule is COc1ccc2c3c(n(C)c2c1CC(C(C)=O)C1CC2c4c(c5ccccc5n4C)CC(C1CO)N2C)C1CC2C(C(C)=O)=COCC2C(C3)N1C. The van der Waals surface area contributed by atoms with Crippen LogP contribution in [0, 0.1) is 29.6 Å². The molecule has 9 rings (SSSR count). The molecular weight excluding hydrogens is 652 g/mol. The number of carbonyl (C=O) groups is 2. The Kier molecular flexibility index (Phi) is 8.03. The van der Waals surface area contributed by atoms with Gasteiger partial charge in [0.15, 0.2) is 5.78 Å². The molecule has 0 radical (unpaired) electrons. The zero-order chi connectivity index (χ0) is 36.3. The van der Waals surface area contributed by atoms with E-state index in [1.54, 1.807) is 27.2 Å². The molecule has 9 atom stereocenters. The van der Waals surface area contributed by atoms with Gasteiger partial charge >= 0.3 is 0 Å². The van der Waals surface area contributed by atoms with Crippen LogP contribution >= 0.6 is 0 Å². The number of hydrogen-bond donors (Lipinski definition) is 1. The molecule has 0 amide bonds. The number of ether oxygens (including phenoxy) is 2. The Morgan fingerprint density at radius 2 is 1.60 bits per heavy atom. The van der Waals surface area contributed by atoms with Crippen molar-refractivity contribution in [1.29, 1.82) is 0 Å². The highest BCUT2D eigenvalue weighted by molar-refractivity contribution is 5.94. The zero-order valence-electron chi connectivity index (χ0n) is 31.6. The normalized spacial score (nSPS) is 30.3. The minimum absolute atomic E-state index is 0.0139. The van der Waals surface area contributed by atoms with E-state index in [4.69, 9.17) is 9.47 Å². The molecule has 2 aromatic heterocycles. The molecule has 1 N–H and O–H groups in total. The zero-order valence-corrected chi connectivity index (χ0v) is 31.6. The largest absolute Gasteiger partial charge is 0.500 e. The number of aryl methyl sites for hydroxylation is 2. The number of allylic oxidation sites excluding steroid dienone is 1. The summed E-state index contributed by atoms with van der Waals surface area (Å²) >= 11 is 0. The van der Waals surface area contributed by atoms with Crippen molar-refractivity contribution in [1.82, 2.24) is 18.9 Å². The Hall–Kier alpha value is -3.92. The second-order valence-electron chi connectivity index (χ2n) is 16.5. The summed E-state index contributed by atoms with van der Waals surface area (Å²) in [6, 6.07) is 13.7. The van der Waals surface area contributed by atoms with Crippen LogP contribution in [-0.2, 0) is 47.7 Å². The number of piperidine rings is 2. The molecule has 2 saturated heterocycles. The summed E-state index contributed by atoms with van der Waals surface area (Å²) in [6.07, 6.45) is 5.71. The Morgan fingerprint density at radius 3 is 2.33 bits per heavy atom. The number of carbonyl (C=O) groups excluding carboxylic acids is 2. The number of fused-ring (bicyclic) bond motifs is 14. The molecule has 5 aliphatic heterocycles. The number of methoxy groups -OCH3 is 1. The van der Waals surface area contributed by atoms with Gasteiger partial charge in [-0.1, -0.05) is 18.2 Å². The molecule has 2 aromatic carbocycles. The lowest BCUT2D eigenvalue weighted by molar-refractivity contribution is -0.126. The van der Waals surface area contributed by atoms with Crippen molar-refractivity contribution in [2.75, 3.05) is 34.4 Å². The minimum Gasteiger partial charge on any atom is -0.500 e. The lowest BCUT2D eigenvalue weighted by atomic mass is 9.64. The molecule has 4 bridgehead atoms.